The molecule has 0 aromatic heterocycles. The molecule has 0 radical (unpaired) electrons. The molecule has 0 saturated heterocycles. The molecule has 0 spiro atoms. The first kappa shape index (κ1) is 13.5. The van der Waals surface area contributed by atoms with Gasteiger partial charge < -0.3 is 21.9 Å². The van der Waals surface area contributed by atoms with Crippen LogP contribution in [0.15, 0.2) is 28.6 Å². The minimum Gasteiger partial charge on any atom is -1.00 e. The summed E-state index contributed by atoms with van der Waals surface area (Å²) < 4.78 is 26.1. The molecule has 18 heavy (non-hydrogen) atoms. The third-order valence-electron chi connectivity index (χ3n) is 2.80. The number of hydrogen-bond donors (Lipinski definition) is 0. The molecule has 3 rings (SSSR count). The van der Waals surface area contributed by atoms with Crippen LogP contribution >= 0.6 is 11.8 Å². The van der Waals surface area contributed by atoms with E-state index in [1.54, 1.807) is 6.07 Å². The average Bonchev–Trinajstić information content (AvgIpc) is 2.76. The first-order chi connectivity index (χ1) is 8.25. The van der Waals surface area contributed by atoms with Gasteiger partial charge in [0.05, 0.1) is 5.70 Å². The molecule has 6 heteroatoms. The maximum atomic E-state index is 13.2. The van der Waals surface area contributed by atoms with Gasteiger partial charge in [-0.25, -0.2) is 8.78 Å². The van der Waals surface area contributed by atoms with Crippen molar-refractivity contribution in [3.63, 3.8) is 0 Å². The van der Waals surface area contributed by atoms with E-state index in [4.69, 9.17) is 0 Å². The molecule has 1 aromatic rings. The van der Waals surface area contributed by atoms with E-state index in [0.29, 0.717) is 5.56 Å². The third-order valence-corrected chi connectivity index (χ3v) is 3.70. The molecule has 0 N–H and O–H groups in total. The predicted molar refractivity (Wildman–Crippen MR) is 65.6 cm³/mol. The van der Waals surface area contributed by atoms with E-state index < -0.39 is 11.6 Å². The van der Waals surface area contributed by atoms with Crippen LogP contribution in [-0.4, -0.2) is 23.2 Å². The fraction of sp³-hybridized carbons (Fsp3) is 0.250. The van der Waals surface area contributed by atoms with Crippen LogP contribution in [-0.2, 0) is 0 Å². The largest absolute Gasteiger partial charge is 1.00 e. The first-order valence-electron chi connectivity index (χ1n) is 5.40. The normalized spacial score (nSPS) is 17.8. The zero-order chi connectivity index (χ0) is 11.8. The minimum atomic E-state index is -0.812. The Morgan fingerprint density at radius 2 is 2.06 bits per heavy atom. The van der Waals surface area contributed by atoms with E-state index in [1.807, 2.05) is 5.41 Å². The van der Waals surface area contributed by atoms with Gasteiger partial charge in [-0.2, -0.15) is 0 Å². The predicted octanol–water partition coefficient (Wildman–Crippen LogP) is 0.0757. The van der Waals surface area contributed by atoms with Crippen molar-refractivity contribution in [3.8, 4) is 0 Å². The number of rotatable bonds is 1. The van der Waals surface area contributed by atoms with Crippen LogP contribution in [0.5, 0.6) is 0 Å². The van der Waals surface area contributed by atoms with Crippen LogP contribution in [0.2, 0.25) is 0 Å². The Labute approximate surface area is 119 Å². The average molecular weight is 332 g/mol. The summed E-state index contributed by atoms with van der Waals surface area (Å²) in [5.41, 5.74) is 1.61. The summed E-state index contributed by atoms with van der Waals surface area (Å²) in [5, 5.41) is 2.90. The highest BCUT2D eigenvalue weighted by molar-refractivity contribution is 8.16. The summed E-state index contributed by atoms with van der Waals surface area (Å²) in [6.45, 7) is 1.73. The van der Waals surface area contributed by atoms with Gasteiger partial charge in [0, 0.05) is 24.1 Å². The summed E-state index contributed by atoms with van der Waals surface area (Å²) in [6, 6.07) is 4.00. The van der Waals surface area contributed by atoms with Gasteiger partial charge in [-0.1, -0.05) is 11.8 Å². The maximum absolute atomic E-state index is 13.2. The number of thioether (sulfide) groups is 1. The van der Waals surface area contributed by atoms with Gasteiger partial charge in [-0.3, -0.25) is 4.99 Å². The standard InChI is InChI=1S/C12H10F2N2S.BrH/c13-9-3-2-8(6-10(9)14)11-7-17-12-15-4-1-5-16(11)12;/h2-3,6-7H,1,4-5H2;1H/p-1. The Morgan fingerprint density at radius 3 is 2.83 bits per heavy atom. The lowest BCUT2D eigenvalue weighted by Gasteiger charge is -2.25. The molecule has 96 valence electrons. The molecule has 0 atom stereocenters. The number of nitrogens with zero attached hydrogens (tertiary/aromatic N) is 2. The van der Waals surface area contributed by atoms with Crippen LogP contribution in [0.25, 0.3) is 5.70 Å². The Hall–Kier alpha value is -0.880. The molecule has 0 amide bonds. The van der Waals surface area contributed by atoms with Crippen molar-refractivity contribution in [3.05, 3.63) is 40.8 Å². The lowest BCUT2D eigenvalue weighted by molar-refractivity contribution is -0.00000442. The molecule has 0 bridgehead atoms. The SMILES string of the molecule is Fc1ccc(C2=CSC3=NCCCN23)cc1F.[Br-]. The quantitative estimate of drug-likeness (QED) is 0.724. The van der Waals surface area contributed by atoms with Crippen molar-refractivity contribution in [2.45, 2.75) is 6.42 Å². The lowest BCUT2D eigenvalue weighted by atomic mass is 10.1. The summed E-state index contributed by atoms with van der Waals surface area (Å²) in [7, 11) is 0. The molecule has 2 aliphatic rings. The molecule has 2 nitrogen and oxygen atoms in total. The second-order valence-electron chi connectivity index (χ2n) is 3.92. The van der Waals surface area contributed by atoms with Crippen molar-refractivity contribution in [2.24, 2.45) is 4.99 Å². The highest BCUT2D eigenvalue weighted by Gasteiger charge is 2.26. The van der Waals surface area contributed by atoms with E-state index in [9.17, 15) is 8.78 Å². The van der Waals surface area contributed by atoms with Crippen molar-refractivity contribution < 1.29 is 25.8 Å². The minimum absolute atomic E-state index is 0. The third kappa shape index (κ3) is 2.31. The molecule has 0 aliphatic carbocycles. The number of fused-ring (bicyclic) bond motifs is 1. The van der Waals surface area contributed by atoms with Gasteiger partial charge in [0.1, 0.15) is 0 Å². The lowest BCUT2D eigenvalue weighted by Crippen LogP contribution is -3.00. The Morgan fingerprint density at radius 1 is 1.22 bits per heavy atom. The molecule has 1 aromatic carbocycles. The highest BCUT2D eigenvalue weighted by Crippen LogP contribution is 2.35. The fourth-order valence-electron chi connectivity index (χ4n) is 1.96. The van der Waals surface area contributed by atoms with Gasteiger partial charge in [-0.05, 0) is 24.6 Å². The Kier molecular flexibility index (Phi) is 4.07. The number of benzene rings is 1. The van der Waals surface area contributed by atoms with Crippen molar-refractivity contribution in [2.75, 3.05) is 13.1 Å². The van der Waals surface area contributed by atoms with Gasteiger partial charge >= 0.3 is 0 Å². The van der Waals surface area contributed by atoms with Crippen LogP contribution in [0.1, 0.15) is 12.0 Å². The Balaban J connectivity index is 0.00000120. The summed E-state index contributed by atoms with van der Waals surface area (Å²) in [5.74, 6) is -1.62. The van der Waals surface area contributed by atoms with Crippen LogP contribution in [0, 0.1) is 11.6 Å². The smallest absolute Gasteiger partial charge is 0.168 e. The van der Waals surface area contributed by atoms with Gasteiger partial charge in [0.25, 0.3) is 0 Å². The van der Waals surface area contributed by atoms with Gasteiger partial charge in [-0.15, -0.1) is 0 Å². The van der Waals surface area contributed by atoms with Crippen LogP contribution < -0.4 is 17.0 Å². The second-order valence-corrected chi connectivity index (χ2v) is 4.76. The van der Waals surface area contributed by atoms with Crippen molar-refractivity contribution >= 4 is 22.6 Å². The van der Waals surface area contributed by atoms with E-state index in [2.05, 4.69) is 9.89 Å². The molecule has 0 fully saturated rings. The maximum Gasteiger partial charge on any atom is 0.168 e. The van der Waals surface area contributed by atoms with E-state index in [0.717, 1.165) is 36.4 Å². The van der Waals surface area contributed by atoms with Gasteiger partial charge in [0.15, 0.2) is 16.8 Å². The molecule has 2 heterocycles. The number of halogens is 3. The number of amidine groups is 1. The topological polar surface area (TPSA) is 15.6 Å². The zero-order valence-electron chi connectivity index (χ0n) is 9.37. The number of hydrogen-bond acceptors (Lipinski definition) is 3. The van der Waals surface area contributed by atoms with E-state index in [-0.39, 0.29) is 17.0 Å². The molecular weight excluding hydrogens is 322 g/mol. The molecule has 0 unspecified atom stereocenters. The van der Waals surface area contributed by atoms with Crippen LogP contribution in [0.3, 0.4) is 0 Å². The molecule has 0 saturated carbocycles. The monoisotopic (exact) mass is 331 g/mol. The van der Waals surface area contributed by atoms with Crippen molar-refractivity contribution in [1.29, 1.82) is 0 Å². The van der Waals surface area contributed by atoms with E-state index in [1.165, 1.54) is 17.8 Å². The second kappa shape index (κ2) is 5.40. The summed E-state index contributed by atoms with van der Waals surface area (Å²) in [4.78, 5) is 6.45. The Bertz CT molecular complexity index is 531. The van der Waals surface area contributed by atoms with Crippen molar-refractivity contribution in [1.82, 2.24) is 4.90 Å². The summed E-state index contributed by atoms with van der Waals surface area (Å²) in [6.07, 6.45) is 0.991. The fourth-order valence-corrected chi connectivity index (χ4v) is 2.92. The number of aliphatic imine (C=N–C) groups is 1. The molecule has 2 aliphatic heterocycles. The highest BCUT2D eigenvalue weighted by atomic mass is 79.9. The zero-order valence-corrected chi connectivity index (χ0v) is 11.8. The van der Waals surface area contributed by atoms with Crippen LogP contribution in [0.4, 0.5) is 8.78 Å². The summed E-state index contributed by atoms with van der Waals surface area (Å²) >= 11 is 1.54. The first-order valence-corrected chi connectivity index (χ1v) is 6.28. The van der Waals surface area contributed by atoms with Gasteiger partial charge in [0.2, 0.25) is 0 Å². The molecular formula is C12H10BrF2N2S-. The van der Waals surface area contributed by atoms with E-state index >= 15 is 0 Å².